The molecule has 0 aliphatic carbocycles. The molecule has 158 valence electrons. The largest absolute Gasteiger partial charge is 0.351 e. The van der Waals surface area contributed by atoms with Crippen LogP contribution in [0.2, 0.25) is 0 Å². The molecule has 1 N–H and O–H groups in total. The van der Waals surface area contributed by atoms with Gasteiger partial charge in [-0.1, -0.05) is 0 Å². The average molecular weight is 409 g/mol. The smallest absolute Gasteiger partial charge is 0.253 e. The van der Waals surface area contributed by atoms with Gasteiger partial charge in [0.1, 0.15) is 0 Å². The standard InChI is InChI=1S/C22H28N6O2/c1-5-26-13-23-19-9-17(6-7-20(19)26)22(30)27-11-18(12-27)21(29)24-15(3)10-28-16(4)8-14(2)25-28/h6-9,13,15,18H,5,10-12H2,1-4H3,(H,24,29). The van der Waals surface area contributed by atoms with Crippen molar-refractivity contribution in [3.8, 4) is 0 Å². The van der Waals surface area contributed by atoms with Gasteiger partial charge in [-0.3, -0.25) is 14.3 Å². The Labute approximate surface area is 175 Å². The third-order valence-corrected chi connectivity index (χ3v) is 5.69. The van der Waals surface area contributed by atoms with Crippen molar-refractivity contribution in [1.82, 2.24) is 29.5 Å². The van der Waals surface area contributed by atoms with Crippen molar-refractivity contribution in [3.05, 3.63) is 47.5 Å². The molecule has 0 saturated carbocycles. The van der Waals surface area contributed by atoms with Gasteiger partial charge in [-0.2, -0.15) is 5.10 Å². The van der Waals surface area contributed by atoms with Gasteiger partial charge in [0.15, 0.2) is 0 Å². The molecule has 30 heavy (non-hydrogen) atoms. The monoisotopic (exact) mass is 408 g/mol. The Hall–Kier alpha value is -3.16. The number of aromatic nitrogens is 4. The van der Waals surface area contributed by atoms with Crippen molar-refractivity contribution in [2.45, 2.75) is 46.8 Å². The van der Waals surface area contributed by atoms with Crippen LogP contribution in [0.4, 0.5) is 0 Å². The van der Waals surface area contributed by atoms with E-state index in [1.165, 1.54) is 0 Å². The van der Waals surface area contributed by atoms with Crippen LogP contribution < -0.4 is 5.32 Å². The minimum atomic E-state index is -0.167. The summed E-state index contributed by atoms with van der Waals surface area (Å²) in [7, 11) is 0. The Balaban J connectivity index is 1.31. The molecule has 3 heterocycles. The number of nitrogens with zero attached hydrogens (tertiary/aromatic N) is 5. The summed E-state index contributed by atoms with van der Waals surface area (Å²) in [5.41, 5.74) is 4.50. The Bertz CT molecular complexity index is 1090. The highest BCUT2D eigenvalue weighted by molar-refractivity contribution is 5.98. The van der Waals surface area contributed by atoms with E-state index in [9.17, 15) is 9.59 Å². The lowest BCUT2D eigenvalue weighted by molar-refractivity contribution is -0.129. The number of carbonyl (C=O) groups excluding carboxylic acids is 2. The molecule has 8 nitrogen and oxygen atoms in total. The summed E-state index contributed by atoms with van der Waals surface area (Å²) >= 11 is 0. The van der Waals surface area contributed by atoms with Crippen LogP contribution in [0.1, 0.15) is 35.6 Å². The van der Waals surface area contributed by atoms with E-state index in [4.69, 9.17) is 0 Å². The van der Waals surface area contributed by atoms with Gasteiger partial charge >= 0.3 is 0 Å². The summed E-state index contributed by atoms with van der Waals surface area (Å²) in [6.07, 6.45) is 1.79. The second-order valence-corrected chi connectivity index (χ2v) is 8.16. The minimum absolute atomic E-state index is 0.00905. The number of amides is 2. The van der Waals surface area contributed by atoms with Crippen molar-refractivity contribution < 1.29 is 9.59 Å². The van der Waals surface area contributed by atoms with Crippen molar-refractivity contribution in [1.29, 1.82) is 0 Å². The number of imidazole rings is 1. The van der Waals surface area contributed by atoms with E-state index in [0.717, 1.165) is 29.0 Å². The van der Waals surface area contributed by atoms with Gasteiger partial charge in [-0.05, 0) is 52.0 Å². The fourth-order valence-corrected chi connectivity index (χ4v) is 3.97. The third kappa shape index (κ3) is 3.81. The van der Waals surface area contributed by atoms with Gasteiger partial charge in [-0.15, -0.1) is 0 Å². The van der Waals surface area contributed by atoms with E-state index in [-0.39, 0.29) is 23.8 Å². The fraction of sp³-hybridized carbons (Fsp3) is 0.455. The van der Waals surface area contributed by atoms with Crippen molar-refractivity contribution in [3.63, 3.8) is 0 Å². The van der Waals surface area contributed by atoms with Crippen LogP contribution in [0.15, 0.2) is 30.6 Å². The molecular formula is C22H28N6O2. The summed E-state index contributed by atoms with van der Waals surface area (Å²) < 4.78 is 3.95. The number of likely N-dealkylation sites (tertiary alicyclic amines) is 1. The predicted molar refractivity (Wildman–Crippen MR) is 114 cm³/mol. The number of aryl methyl sites for hydroxylation is 3. The first-order chi connectivity index (χ1) is 14.4. The Morgan fingerprint density at radius 3 is 2.67 bits per heavy atom. The highest BCUT2D eigenvalue weighted by atomic mass is 16.2. The molecule has 1 aromatic carbocycles. The summed E-state index contributed by atoms with van der Waals surface area (Å²) in [5, 5.41) is 7.49. The van der Waals surface area contributed by atoms with Crippen molar-refractivity contribution in [2.24, 2.45) is 5.92 Å². The number of carbonyl (C=O) groups is 2. The SMILES string of the molecule is CCn1cnc2cc(C(=O)N3CC(C(=O)NC(C)Cn4nc(C)cc4C)C3)ccc21. The lowest BCUT2D eigenvalue weighted by Crippen LogP contribution is -2.57. The summed E-state index contributed by atoms with van der Waals surface area (Å²) in [6, 6.07) is 7.59. The van der Waals surface area contributed by atoms with Gasteiger partial charge in [-0.25, -0.2) is 4.98 Å². The highest BCUT2D eigenvalue weighted by Gasteiger charge is 2.36. The normalized spacial score (nSPS) is 15.3. The van der Waals surface area contributed by atoms with Gasteiger partial charge in [0.2, 0.25) is 5.91 Å². The van der Waals surface area contributed by atoms with E-state index in [1.807, 2.05) is 54.3 Å². The maximum Gasteiger partial charge on any atom is 0.253 e. The zero-order valence-electron chi connectivity index (χ0n) is 17.9. The van der Waals surface area contributed by atoms with Crippen LogP contribution in [0.5, 0.6) is 0 Å². The molecule has 0 spiro atoms. The molecule has 0 bridgehead atoms. The quantitative estimate of drug-likeness (QED) is 0.677. The van der Waals surface area contributed by atoms with Crippen molar-refractivity contribution in [2.75, 3.05) is 13.1 Å². The molecule has 2 aromatic heterocycles. The molecule has 1 atom stereocenters. The number of hydrogen-bond donors (Lipinski definition) is 1. The van der Waals surface area contributed by atoms with Crippen LogP contribution in [0, 0.1) is 19.8 Å². The molecule has 0 radical (unpaired) electrons. The lowest BCUT2D eigenvalue weighted by Gasteiger charge is -2.38. The molecular weight excluding hydrogens is 380 g/mol. The van der Waals surface area contributed by atoms with Crippen molar-refractivity contribution >= 4 is 22.8 Å². The zero-order chi connectivity index (χ0) is 21.4. The summed E-state index contributed by atoms with van der Waals surface area (Å²) in [5.74, 6) is -0.229. The third-order valence-electron chi connectivity index (χ3n) is 5.69. The maximum atomic E-state index is 12.8. The van der Waals surface area contributed by atoms with Crippen LogP contribution in [-0.2, 0) is 17.9 Å². The second-order valence-electron chi connectivity index (χ2n) is 8.16. The van der Waals surface area contributed by atoms with Crippen LogP contribution in [0.25, 0.3) is 11.0 Å². The average Bonchev–Trinajstić information content (AvgIpc) is 3.21. The molecule has 1 unspecified atom stereocenters. The molecule has 4 rings (SSSR count). The summed E-state index contributed by atoms with van der Waals surface area (Å²) in [4.78, 5) is 31.4. The number of rotatable bonds is 6. The maximum absolute atomic E-state index is 12.8. The van der Waals surface area contributed by atoms with E-state index in [2.05, 4.69) is 22.3 Å². The summed E-state index contributed by atoms with van der Waals surface area (Å²) in [6.45, 7) is 10.4. The van der Waals surface area contributed by atoms with Gasteiger partial charge < -0.3 is 14.8 Å². The van der Waals surface area contributed by atoms with E-state index in [0.29, 0.717) is 25.2 Å². The molecule has 1 fully saturated rings. The number of hydrogen-bond acceptors (Lipinski definition) is 4. The molecule has 1 aliphatic rings. The van der Waals surface area contributed by atoms with Crippen LogP contribution in [-0.4, -0.2) is 55.2 Å². The first kappa shape index (κ1) is 20.1. The van der Waals surface area contributed by atoms with E-state index < -0.39 is 0 Å². The fourth-order valence-electron chi connectivity index (χ4n) is 3.97. The van der Waals surface area contributed by atoms with Gasteiger partial charge in [0.05, 0.1) is 35.5 Å². The number of fused-ring (bicyclic) bond motifs is 1. The lowest BCUT2D eigenvalue weighted by atomic mass is 9.97. The molecule has 8 heteroatoms. The predicted octanol–water partition coefficient (Wildman–Crippen LogP) is 2.15. The minimum Gasteiger partial charge on any atom is -0.351 e. The van der Waals surface area contributed by atoms with E-state index >= 15 is 0 Å². The highest BCUT2D eigenvalue weighted by Crippen LogP contribution is 2.22. The molecule has 3 aromatic rings. The Morgan fingerprint density at radius 2 is 2.00 bits per heavy atom. The van der Waals surface area contributed by atoms with Crippen LogP contribution >= 0.6 is 0 Å². The first-order valence-electron chi connectivity index (χ1n) is 10.4. The molecule has 1 aliphatic heterocycles. The first-order valence-corrected chi connectivity index (χ1v) is 10.4. The number of nitrogens with one attached hydrogen (secondary N) is 1. The van der Waals surface area contributed by atoms with Gasteiger partial charge in [0, 0.05) is 36.9 Å². The molecule has 1 saturated heterocycles. The second kappa shape index (κ2) is 7.93. The van der Waals surface area contributed by atoms with E-state index in [1.54, 1.807) is 11.2 Å². The Kier molecular flexibility index (Phi) is 5.32. The number of benzene rings is 1. The Morgan fingerprint density at radius 1 is 1.23 bits per heavy atom. The topological polar surface area (TPSA) is 85.0 Å². The molecule has 2 amide bonds. The zero-order valence-corrected chi connectivity index (χ0v) is 17.9. The van der Waals surface area contributed by atoms with Crippen LogP contribution in [0.3, 0.4) is 0 Å². The van der Waals surface area contributed by atoms with Gasteiger partial charge in [0.25, 0.3) is 5.91 Å².